The zero-order valence-corrected chi connectivity index (χ0v) is 15.7. The van der Waals surface area contributed by atoms with Gasteiger partial charge < -0.3 is 15.0 Å². The first-order chi connectivity index (χ1) is 11.9. The Labute approximate surface area is 150 Å². The smallest absolute Gasteiger partial charge is 0.221 e. The molecule has 140 valence electrons. The molecule has 0 aromatic heterocycles. The van der Waals surface area contributed by atoms with Gasteiger partial charge in [-0.15, -0.1) is 0 Å². The van der Waals surface area contributed by atoms with Gasteiger partial charge in [-0.05, 0) is 19.7 Å². The molecule has 1 fully saturated rings. The fourth-order valence-corrected chi connectivity index (χ4v) is 4.16. The van der Waals surface area contributed by atoms with E-state index < -0.39 is 10.0 Å². The van der Waals surface area contributed by atoms with Crippen LogP contribution in [0.15, 0.2) is 30.3 Å². The minimum Gasteiger partial charge on any atom is -0.379 e. The highest BCUT2D eigenvalue weighted by atomic mass is 32.2. The van der Waals surface area contributed by atoms with Crippen molar-refractivity contribution in [2.75, 3.05) is 52.7 Å². The van der Waals surface area contributed by atoms with Gasteiger partial charge in [0.1, 0.15) is 0 Å². The van der Waals surface area contributed by atoms with Crippen molar-refractivity contribution in [3.05, 3.63) is 35.9 Å². The van der Waals surface area contributed by atoms with Crippen LogP contribution in [0.2, 0.25) is 0 Å². The second kappa shape index (κ2) is 9.28. The zero-order valence-electron chi connectivity index (χ0n) is 14.8. The fourth-order valence-electron chi connectivity index (χ4n) is 2.75. The van der Waals surface area contributed by atoms with Gasteiger partial charge in [0.15, 0.2) is 0 Å². The number of nitrogens with one attached hydrogen (secondary N) is 1. The van der Waals surface area contributed by atoms with Crippen molar-refractivity contribution in [1.29, 1.82) is 0 Å². The number of rotatable bonds is 8. The fraction of sp³-hybridized carbons (Fsp3) is 0.588. The summed E-state index contributed by atoms with van der Waals surface area (Å²) in [4.78, 5) is 14.1. The summed E-state index contributed by atoms with van der Waals surface area (Å²) >= 11 is 0. The van der Waals surface area contributed by atoms with Gasteiger partial charge in [0.2, 0.25) is 15.9 Å². The molecule has 1 atom stereocenters. The van der Waals surface area contributed by atoms with Gasteiger partial charge in [-0.3, -0.25) is 4.79 Å². The van der Waals surface area contributed by atoms with Crippen LogP contribution in [0.3, 0.4) is 0 Å². The standard InChI is InChI=1S/C17H27N3O4S/c1-19(2)16(15-6-4-3-5-7-15)14-18-17(21)8-13-25(22,23)20-9-11-24-12-10-20/h3-7,16H,8-14H2,1-2H3,(H,18,21). The molecule has 0 radical (unpaired) electrons. The summed E-state index contributed by atoms with van der Waals surface area (Å²) in [7, 11) is 0.499. The average molecular weight is 369 g/mol. The summed E-state index contributed by atoms with van der Waals surface area (Å²) in [5.41, 5.74) is 1.11. The molecule has 1 N–H and O–H groups in total. The molecular weight excluding hydrogens is 342 g/mol. The molecule has 0 spiro atoms. The first kappa shape index (κ1) is 19.8. The molecule has 0 aliphatic carbocycles. The number of morpholine rings is 1. The van der Waals surface area contributed by atoms with Crippen LogP contribution in [0.5, 0.6) is 0 Å². The minimum atomic E-state index is -3.40. The van der Waals surface area contributed by atoms with Crippen LogP contribution >= 0.6 is 0 Å². The quantitative estimate of drug-likeness (QED) is 0.720. The molecule has 1 aromatic carbocycles. The topological polar surface area (TPSA) is 79.0 Å². The van der Waals surface area contributed by atoms with E-state index in [1.54, 1.807) is 0 Å². The number of benzene rings is 1. The minimum absolute atomic E-state index is 0.0331. The van der Waals surface area contributed by atoms with Crippen LogP contribution in [0.25, 0.3) is 0 Å². The van der Waals surface area contributed by atoms with Crippen molar-refractivity contribution in [3.8, 4) is 0 Å². The Bertz CT molecular complexity index is 643. The van der Waals surface area contributed by atoms with Crippen molar-refractivity contribution in [2.24, 2.45) is 0 Å². The highest BCUT2D eigenvalue weighted by Crippen LogP contribution is 2.16. The number of ether oxygens (including phenoxy) is 1. The number of hydrogen-bond donors (Lipinski definition) is 1. The Hall–Kier alpha value is -1.48. The summed E-state index contributed by atoms with van der Waals surface area (Å²) in [6.07, 6.45) is -0.0331. The van der Waals surface area contributed by atoms with Crippen LogP contribution < -0.4 is 5.32 Å². The molecule has 1 unspecified atom stereocenters. The molecule has 1 aliphatic rings. The summed E-state index contributed by atoms with van der Waals surface area (Å²) in [6.45, 7) is 1.98. The van der Waals surface area contributed by atoms with E-state index in [4.69, 9.17) is 4.74 Å². The predicted octanol–water partition coefficient (Wildman–Crippen LogP) is 0.458. The van der Waals surface area contributed by atoms with E-state index in [2.05, 4.69) is 5.32 Å². The Kier molecular flexibility index (Phi) is 7.37. The van der Waals surface area contributed by atoms with E-state index in [0.29, 0.717) is 32.8 Å². The van der Waals surface area contributed by atoms with Gasteiger partial charge in [0.25, 0.3) is 0 Å². The van der Waals surface area contributed by atoms with Gasteiger partial charge in [-0.1, -0.05) is 30.3 Å². The first-order valence-electron chi connectivity index (χ1n) is 8.44. The Morgan fingerprint density at radius 1 is 1.24 bits per heavy atom. The predicted molar refractivity (Wildman–Crippen MR) is 96.7 cm³/mol. The van der Waals surface area contributed by atoms with E-state index in [0.717, 1.165) is 5.56 Å². The third-order valence-corrected chi connectivity index (χ3v) is 6.12. The number of likely N-dealkylation sites (N-methyl/N-ethyl adjacent to an activating group) is 1. The summed E-state index contributed by atoms with van der Waals surface area (Å²) in [5, 5.41) is 2.85. The summed E-state index contributed by atoms with van der Waals surface area (Å²) < 4.78 is 31.0. The normalized spacial score (nSPS) is 17.4. The van der Waals surface area contributed by atoms with Crippen molar-refractivity contribution in [1.82, 2.24) is 14.5 Å². The Morgan fingerprint density at radius 3 is 2.48 bits per heavy atom. The highest BCUT2D eigenvalue weighted by Gasteiger charge is 2.25. The largest absolute Gasteiger partial charge is 0.379 e. The SMILES string of the molecule is CN(C)C(CNC(=O)CCS(=O)(=O)N1CCOCC1)c1ccccc1. The lowest BCUT2D eigenvalue weighted by Gasteiger charge is -2.26. The molecule has 1 amide bonds. The lowest BCUT2D eigenvalue weighted by Crippen LogP contribution is -2.42. The number of carbonyl (C=O) groups excluding carboxylic acids is 1. The molecule has 1 aromatic rings. The van der Waals surface area contributed by atoms with Crippen molar-refractivity contribution < 1.29 is 17.9 Å². The summed E-state index contributed by atoms with van der Waals surface area (Å²) in [5.74, 6) is -0.420. The Morgan fingerprint density at radius 2 is 1.88 bits per heavy atom. The zero-order chi connectivity index (χ0) is 18.3. The Balaban J connectivity index is 1.83. The van der Waals surface area contributed by atoms with Crippen molar-refractivity contribution in [3.63, 3.8) is 0 Å². The maximum absolute atomic E-state index is 12.2. The second-order valence-electron chi connectivity index (χ2n) is 6.27. The molecule has 25 heavy (non-hydrogen) atoms. The lowest BCUT2D eigenvalue weighted by atomic mass is 10.1. The van der Waals surface area contributed by atoms with Crippen LogP contribution in [-0.4, -0.2) is 76.2 Å². The van der Waals surface area contributed by atoms with Gasteiger partial charge >= 0.3 is 0 Å². The molecule has 1 heterocycles. The van der Waals surface area contributed by atoms with E-state index in [1.165, 1.54) is 4.31 Å². The number of hydrogen-bond acceptors (Lipinski definition) is 5. The number of carbonyl (C=O) groups is 1. The molecule has 8 heteroatoms. The molecule has 1 aliphatic heterocycles. The highest BCUT2D eigenvalue weighted by molar-refractivity contribution is 7.89. The van der Waals surface area contributed by atoms with Crippen LogP contribution in [0.1, 0.15) is 18.0 Å². The first-order valence-corrected chi connectivity index (χ1v) is 10.0. The number of amides is 1. The molecule has 0 saturated carbocycles. The average Bonchev–Trinajstić information content (AvgIpc) is 2.61. The van der Waals surface area contributed by atoms with Crippen molar-refractivity contribution >= 4 is 15.9 Å². The monoisotopic (exact) mass is 369 g/mol. The van der Waals surface area contributed by atoms with E-state index in [9.17, 15) is 13.2 Å². The molecule has 1 saturated heterocycles. The summed E-state index contributed by atoms with van der Waals surface area (Å²) in [6, 6.07) is 9.94. The second-order valence-corrected chi connectivity index (χ2v) is 8.36. The maximum Gasteiger partial charge on any atom is 0.221 e. The third kappa shape index (κ3) is 6.07. The molecule has 0 bridgehead atoms. The number of sulfonamides is 1. The molecular formula is C17H27N3O4S. The number of nitrogens with zero attached hydrogens (tertiary/aromatic N) is 2. The molecule has 2 rings (SSSR count). The van der Waals surface area contributed by atoms with Crippen LogP contribution in [-0.2, 0) is 19.6 Å². The third-order valence-electron chi connectivity index (χ3n) is 4.25. The maximum atomic E-state index is 12.2. The van der Waals surface area contributed by atoms with Gasteiger partial charge in [-0.25, -0.2) is 8.42 Å². The van der Waals surface area contributed by atoms with Crippen LogP contribution in [0.4, 0.5) is 0 Å². The van der Waals surface area contributed by atoms with E-state index in [1.807, 2.05) is 49.3 Å². The lowest BCUT2D eigenvalue weighted by molar-refractivity contribution is -0.120. The van der Waals surface area contributed by atoms with Crippen LogP contribution in [0, 0.1) is 0 Å². The van der Waals surface area contributed by atoms with E-state index in [-0.39, 0.29) is 24.1 Å². The van der Waals surface area contributed by atoms with Crippen molar-refractivity contribution in [2.45, 2.75) is 12.5 Å². The van der Waals surface area contributed by atoms with Gasteiger partial charge in [0.05, 0.1) is 25.0 Å². The van der Waals surface area contributed by atoms with Gasteiger partial charge in [0, 0.05) is 26.1 Å². The molecule has 7 nitrogen and oxygen atoms in total. The van der Waals surface area contributed by atoms with E-state index >= 15 is 0 Å². The van der Waals surface area contributed by atoms with Gasteiger partial charge in [-0.2, -0.15) is 4.31 Å².